The molecule has 18 heavy (non-hydrogen) atoms. The van der Waals surface area contributed by atoms with Gasteiger partial charge in [-0.1, -0.05) is 50.1 Å². The second-order valence-corrected chi connectivity index (χ2v) is 9.22. The van der Waals surface area contributed by atoms with Gasteiger partial charge in [0.25, 0.3) is 0 Å². The first-order valence-electron chi connectivity index (χ1n) is 5.56. The Morgan fingerprint density at radius 1 is 1.06 bits per heavy atom. The summed E-state index contributed by atoms with van der Waals surface area (Å²) in [5.41, 5.74) is 5.49. The Morgan fingerprint density at radius 3 is 1.83 bits per heavy atom. The molecule has 0 radical (unpaired) electrons. The van der Waals surface area contributed by atoms with Gasteiger partial charge in [-0.3, -0.25) is 4.99 Å². The highest BCUT2D eigenvalue weighted by atomic mass is 33.1. The molecule has 0 amide bonds. The third kappa shape index (κ3) is 36.0. The number of rotatable bonds is 7. The van der Waals surface area contributed by atoms with Gasteiger partial charge in [-0.15, -0.1) is 0 Å². The third-order valence-corrected chi connectivity index (χ3v) is 5.33. The second kappa shape index (κ2) is 26.7. The van der Waals surface area contributed by atoms with Crippen LogP contribution in [0.4, 0.5) is 0 Å². The van der Waals surface area contributed by atoms with Crippen LogP contribution in [-0.4, -0.2) is 49.4 Å². The van der Waals surface area contributed by atoms with E-state index in [1.807, 2.05) is 22.6 Å². The van der Waals surface area contributed by atoms with Gasteiger partial charge in [0.2, 0.25) is 0 Å². The fraction of sp³-hybridized carbons (Fsp3) is 0.909. The van der Waals surface area contributed by atoms with E-state index in [0.717, 1.165) is 24.4 Å². The molecule has 0 saturated heterocycles. The highest BCUT2D eigenvalue weighted by Gasteiger charge is 1.90. The Kier molecular flexibility index (Phi) is 36.0. The number of nitrogens with two attached hydrogens (primary N) is 1. The molecule has 0 aromatic carbocycles. The van der Waals surface area contributed by atoms with Crippen molar-refractivity contribution >= 4 is 60.8 Å². The molecule has 0 atom stereocenters. The fourth-order valence-electron chi connectivity index (χ4n) is 0.507. The molecule has 0 spiro atoms. The summed E-state index contributed by atoms with van der Waals surface area (Å²) in [5.74, 6) is 3.17. The van der Waals surface area contributed by atoms with Crippen molar-refractivity contribution in [3.63, 3.8) is 0 Å². The number of hydrogen-bond donors (Lipinski definition) is 1. The van der Waals surface area contributed by atoms with Crippen LogP contribution in [0, 0.1) is 0 Å². The van der Waals surface area contributed by atoms with Crippen molar-refractivity contribution in [3.8, 4) is 0 Å². The lowest BCUT2D eigenvalue weighted by Gasteiger charge is -1.97. The fourth-order valence-corrected chi connectivity index (χ4v) is 1.79. The van der Waals surface area contributed by atoms with Crippen LogP contribution in [0.1, 0.15) is 19.8 Å². The molecule has 0 aromatic rings. The van der Waals surface area contributed by atoms with Gasteiger partial charge in [-0.05, 0) is 37.2 Å². The van der Waals surface area contributed by atoms with E-state index in [-0.39, 0.29) is 0 Å². The lowest BCUT2D eigenvalue weighted by molar-refractivity contribution is 0.995. The largest absolute Gasteiger partial charge is 0.387 e. The molecule has 0 saturated carbocycles. The summed E-state index contributed by atoms with van der Waals surface area (Å²) in [6, 6.07) is 0. The number of aliphatic imine (C=N–C) groups is 1. The summed E-state index contributed by atoms with van der Waals surface area (Å²) in [4.78, 5) is 3.86. The Labute approximate surface area is 134 Å². The SMILES string of the molecule is CCSC.CN=C(N)CCCSSC.CSSC. The van der Waals surface area contributed by atoms with Gasteiger partial charge >= 0.3 is 0 Å². The van der Waals surface area contributed by atoms with Gasteiger partial charge in [0.15, 0.2) is 0 Å². The number of hydrogen-bond acceptors (Lipinski definition) is 6. The van der Waals surface area contributed by atoms with Crippen molar-refractivity contribution in [3.05, 3.63) is 0 Å². The van der Waals surface area contributed by atoms with Gasteiger partial charge in [0.05, 0.1) is 5.84 Å². The van der Waals surface area contributed by atoms with Crippen molar-refractivity contribution in [2.75, 3.05) is 43.6 Å². The Bertz CT molecular complexity index is 148. The van der Waals surface area contributed by atoms with E-state index in [1.54, 1.807) is 39.4 Å². The predicted molar refractivity (Wildman–Crippen MR) is 104 cm³/mol. The first-order valence-corrected chi connectivity index (χ1v) is 12.7. The molecule has 0 aromatic heterocycles. The van der Waals surface area contributed by atoms with E-state index < -0.39 is 0 Å². The van der Waals surface area contributed by atoms with Gasteiger partial charge in [-0.25, -0.2) is 0 Å². The van der Waals surface area contributed by atoms with Gasteiger partial charge in [-0.2, -0.15) is 11.8 Å². The predicted octanol–water partition coefficient (Wildman–Crippen LogP) is 4.76. The van der Waals surface area contributed by atoms with Crippen LogP contribution in [0.25, 0.3) is 0 Å². The van der Waals surface area contributed by atoms with Crippen molar-refractivity contribution < 1.29 is 0 Å². The van der Waals surface area contributed by atoms with Crippen molar-refractivity contribution in [1.29, 1.82) is 0 Å². The molecule has 0 rings (SSSR count). The first kappa shape index (κ1) is 24.3. The van der Waals surface area contributed by atoms with Crippen LogP contribution in [-0.2, 0) is 0 Å². The van der Waals surface area contributed by atoms with Gasteiger partial charge < -0.3 is 5.73 Å². The van der Waals surface area contributed by atoms with E-state index in [2.05, 4.69) is 36.9 Å². The first-order chi connectivity index (χ1) is 8.64. The number of nitrogens with zero attached hydrogens (tertiary/aromatic N) is 1. The van der Waals surface area contributed by atoms with Crippen molar-refractivity contribution in [2.24, 2.45) is 10.7 Å². The summed E-state index contributed by atoms with van der Waals surface area (Å²) in [6.45, 7) is 2.14. The molecule has 2 nitrogen and oxygen atoms in total. The Morgan fingerprint density at radius 2 is 1.56 bits per heavy atom. The molecule has 0 aliphatic rings. The maximum absolute atomic E-state index is 5.49. The maximum atomic E-state index is 5.49. The normalized spacial score (nSPS) is 10.0. The van der Waals surface area contributed by atoms with Crippen LogP contribution in [0.2, 0.25) is 0 Å². The number of amidine groups is 1. The minimum atomic E-state index is 0.765. The van der Waals surface area contributed by atoms with E-state index >= 15 is 0 Å². The summed E-state index contributed by atoms with van der Waals surface area (Å²) in [5, 5.41) is 0. The molecule has 0 fully saturated rings. The van der Waals surface area contributed by atoms with Crippen LogP contribution < -0.4 is 5.73 Å². The van der Waals surface area contributed by atoms with E-state index in [4.69, 9.17) is 5.73 Å². The lowest BCUT2D eigenvalue weighted by Crippen LogP contribution is -2.10. The van der Waals surface area contributed by atoms with E-state index in [0.29, 0.717) is 0 Å². The minimum Gasteiger partial charge on any atom is -0.387 e. The van der Waals surface area contributed by atoms with E-state index in [1.165, 1.54) is 5.75 Å². The quantitative estimate of drug-likeness (QED) is 0.309. The monoisotopic (exact) mass is 348 g/mol. The zero-order chi connectivity index (χ0) is 14.6. The standard InChI is InChI=1S/C6H14N2S2.C3H8S.C2H6S2/c1-8-6(7)4-3-5-10-9-2;2*1-3-4-2/h3-5H2,1-2H3,(H2,7,8);3H2,1-2H3;1-2H3. The zero-order valence-electron chi connectivity index (χ0n) is 12.4. The average molecular weight is 349 g/mol. The molecular formula is C11H28N2S5. The average Bonchev–Trinajstić information content (AvgIpc) is 2.43. The smallest absolute Gasteiger partial charge is 0.0933 e. The Balaban J connectivity index is -0.000000233. The van der Waals surface area contributed by atoms with Crippen LogP contribution in [0.15, 0.2) is 4.99 Å². The third-order valence-electron chi connectivity index (χ3n) is 1.52. The molecule has 2 N–H and O–H groups in total. The lowest BCUT2D eigenvalue weighted by atomic mass is 10.3. The molecule has 0 unspecified atom stereocenters. The molecule has 0 aliphatic heterocycles. The van der Waals surface area contributed by atoms with E-state index in [9.17, 15) is 0 Å². The maximum Gasteiger partial charge on any atom is 0.0933 e. The highest BCUT2D eigenvalue weighted by molar-refractivity contribution is 8.76. The summed E-state index contributed by atoms with van der Waals surface area (Å²) in [7, 11) is 8.94. The minimum absolute atomic E-state index is 0.765. The summed E-state index contributed by atoms with van der Waals surface area (Å²) >= 11 is 1.86. The van der Waals surface area contributed by atoms with Crippen molar-refractivity contribution in [1.82, 2.24) is 0 Å². The molecule has 0 bridgehead atoms. The molecule has 0 aliphatic carbocycles. The molecule has 0 heterocycles. The molecule has 7 heteroatoms. The van der Waals surface area contributed by atoms with Crippen LogP contribution in [0.3, 0.4) is 0 Å². The van der Waals surface area contributed by atoms with Crippen molar-refractivity contribution in [2.45, 2.75) is 19.8 Å². The second-order valence-electron chi connectivity index (χ2n) is 2.72. The topological polar surface area (TPSA) is 38.4 Å². The van der Waals surface area contributed by atoms with Crippen LogP contribution in [0.5, 0.6) is 0 Å². The van der Waals surface area contributed by atoms with Gasteiger partial charge in [0.1, 0.15) is 0 Å². The molecular weight excluding hydrogens is 320 g/mol. The summed E-state index contributed by atoms with van der Waals surface area (Å²) < 4.78 is 0. The van der Waals surface area contributed by atoms with Gasteiger partial charge in [0, 0.05) is 19.2 Å². The zero-order valence-corrected chi connectivity index (χ0v) is 16.5. The molecule has 112 valence electrons. The summed E-state index contributed by atoms with van der Waals surface area (Å²) in [6.07, 6.45) is 10.4. The Hall–Kier alpha value is 1.22. The van der Waals surface area contributed by atoms with Crippen LogP contribution >= 0.6 is 54.9 Å². The highest BCUT2D eigenvalue weighted by Crippen LogP contribution is 2.17. The number of thioether (sulfide) groups is 1.